The third-order valence-electron chi connectivity index (χ3n) is 4.00. The van der Waals surface area contributed by atoms with Gasteiger partial charge in [-0.15, -0.1) is 0 Å². The Labute approximate surface area is 148 Å². The van der Waals surface area contributed by atoms with E-state index in [9.17, 15) is 4.79 Å². The first kappa shape index (κ1) is 15.6. The molecule has 0 atom stereocenters. The number of rotatable bonds is 4. The number of aromatic amines is 1. The second-order valence-corrected chi connectivity index (χ2v) is 5.81. The molecule has 0 fully saturated rings. The van der Waals surface area contributed by atoms with E-state index < -0.39 is 0 Å². The summed E-state index contributed by atoms with van der Waals surface area (Å²) in [5.74, 6) is -0.291. The number of fused-ring (bicyclic) bond motifs is 1. The van der Waals surface area contributed by atoms with Crippen LogP contribution in [0.5, 0.6) is 0 Å². The number of aromatic nitrogens is 4. The summed E-state index contributed by atoms with van der Waals surface area (Å²) in [6.45, 7) is 0.549. The fourth-order valence-electron chi connectivity index (χ4n) is 2.71. The van der Waals surface area contributed by atoms with Gasteiger partial charge in [0.15, 0.2) is 5.69 Å². The van der Waals surface area contributed by atoms with E-state index in [1.54, 1.807) is 29.2 Å². The van der Waals surface area contributed by atoms with Crippen molar-refractivity contribution in [3.8, 4) is 6.07 Å². The highest BCUT2D eigenvalue weighted by Crippen LogP contribution is 2.17. The lowest BCUT2D eigenvalue weighted by molar-refractivity contribution is 0.102. The molecule has 4 rings (SSSR count). The van der Waals surface area contributed by atoms with Crippen molar-refractivity contribution < 1.29 is 4.79 Å². The van der Waals surface area contributed by atoms with Gasteiger partial charge in [-0.25, -0.2) is 0 Å². The molecule has 2 aromatic carbocycles. The summed E-state index contributed by atoms with van der Waals surface area (Å²) in [6, 6.07) is 16.9. The van der Waals surface area contributed by atoms with Gasteiger partial charge in [-0.2, -0.15) is 15.5 Å². The van der Waals surface area contributed by atoms with Crippen LogP contribution in [-0.2, 0) is 6.54 Å². The van der Waals surface area contributed by atoms with Crippen molar-refractivity contribution in [2.75, 3.05) is 5.32 Å². The molecule has 0 saturated heterocycles. The standard InChI is InChI=1S/C19H14N6O/c20-9-13-5-7-14(8-6-13)11-25-12-15(10-21-25)22-19(26)18-16-3-1-2-4-17(16)23-24-18/h1-8,10,12H,11H2,(H,22,26)(H,23,24). The van der Waals surface area contributed by atoms with E-state index >= 15 is 0 Å². The molecule has 0 aliphatic rings. The molecule has 2 N–H and O–H groups in total. The van der Waals surface area contributed by atoms with Crippen molar-refractivity contribution in [2.24, 2.45) is 0 Å². The molecule has 0 saturated carbocycles. The molecule has 0 spiro atoms. The SMILES string of the molecule is N#Cc1ccc(Cn2cc(NC(=O)c3n[nH]c4ccccc34)cn2)cc1. The number of nitrogens with zero attached hydrogens (tertiary/aromatic N) is 4. The zero-order valence-electron chi connectivity index (χ0n) is 13.7. The first-order valence-corrected chi connectivity index (χ1v) is 7.99. The van der Waals surface area contributed by atoms with Crippen LogP contribution in [0.15, 0.2) is 60.9 Å². The van der Waals surface area contributed by atoms with Crippen molar-refractivity contribution in [1.82, 2.24) is 20.0 Å². The number of H-pyrrole nitrogens is 1. The van der Waals surface area contributed by atoms with Crippen molar-refractivity contribution >= 4 is 22.5 Å². The summed E-state index contributed by atoms with van der Waals surface area (Å²) in [7, 11) is 0. The topological polar surface area (TPSA) is 99.4 Å². The molecule has 7 heteroatoms. The van der Waals surface area contributed by atoms with Gasteiger partial charge in [-0.1, -0.05) is 30.3 Å². The van der Waals surface area contributed by atoms with E-state index in [-0.39, 0.29) is 5.91 Å². The van der Waals surface area contributed by atoms with Crippen molar-refractivity contribution in [3.63, 3.8) is 0 Å². The average Bonchev–Trinajstić information content (AvgIpc) is 3.29. The minimum Gasteiger partial charge on any atom is -0.318 e. The van der Waals surface area contributed by atoms with Gasteiger partial charge in [0.1, 0.15) is 0 Å². The van der Waals surface area contributed by atoms with E-state index in [0.29, 0.717) is 23.5 Å². The summed E-state index contributed by atoms with van der Waals surface area (Å²) in [4.78, 5) is 12.5. The largest absolute Gasteiger partial charge is 0.318 e. The minimum atomic E-state index is -0.291. The van der Waals surface area contributed by atoms with Crippen molar-refractivity contribution in [3.05, 3.63) is 77.7 Å². The van der Waals surface area contributed by atoms with Gasteiger partial charge < -0.3 is 5.32 Å². The van der Waals surface area contributed by atoms with Gasteiger partial charge >= 0.3 is 0 Å². The number of carbonyl (C=O) groups is 1. The van der Waals surface area contributed by atoms with Crippen LogP contribution < -0.4 is 5.32 Å². The maximum absolute atomic E-state index is 12.5. The maximum atomic E-state index is 12.5. The molecular weight excluding hydrogens is 328 g/mol. The van der Waals surface area contributed by atoms with Crippen LogP contribution >= 0.6 is 0 Å². The summed E-state index contributed by atoms with van der Waals surface area (Å²) in [5.41, 5.74) is 3.39. The average molecular weight is 342 g/mol. The van der Waals surface area contributed by atoms with E-state index in [4.69, 9.17) is 5.26 Å². The molecule has 0 aliphatic heterocycles. The number of carbonyl (C=O) groups excluding carboxylic acids is 1. The smallest absolute Gasteiger partial charge is 0.276 e. The van der Waals surface area contributed by atoms with Crippen molar-refractivity contribution in [1.29, 1.82) is 5.26 Å². The lowest BCUT2D eigenvalue weighted by atomic mass is 10.1. The van der Waals surface area contributed by atoms with E-state index in [2.05, 4.69) is 26.7 Å². The van der Waals surface area contributed by atoms with E-state index in [1.165, 1.54) is 0 Å². The summed E-state index contributed by atoms with van der Waals surface area (Å²) in [5, 5.41) is 23.6. The second-order valence-electron chi connectivity index (χ2n) is 5.81. The third kappa shape index (κ3) is 3.03. The fraction of sp³-hybridized carbons (Fsp3) is 0.0526. The monoisotopic (exact) mass is 342 g/mol. The molecule has 1 amide bonds. The Bertz CT molecular complexity index is 1120. The number of hydrogen-bond donors (Lipinski definition) is 2. The Hall–Kier alpha value is -3.92. The maximum Gasteiger partial charge on any atom is 0.276 e. The molecule has 7 nitrogen and oxygen atoms in total. The molecule has 0 bridgehead atoms. The van der Waals surface area contributed by atoms with Crippen molar-refractivity contribution in [2.45, 2.75) is 6.54 Å². The highest BCUT2D eigenvalue weighted by Gasteiger charge is 2.14. The molecule has 126 valence electrons. The minimum absolute atomic E-state index is 0.291. The Kier molecular flexibility index (Phi) is 3.92. The number of hydrogen-bond acceptors (Lipinski definition) is 4. The third-order valence-corrected chi connectivity index (χ3v) is 4.00. The predicted octanol–water partition coefficient (Wildman–Crippen LogP) is 2.93. The predicted molar refractivity (Wildman–Crippen MR) is 96.5 cm³/mol. The lowest BCUT2D eigenvalue weighted by Gasteiger charge is -2.02. The Morgan fingerprint density at radius 2 is 2.00 bits per heavy atom. The summed E-state index contributed by atoms with van der Waals surface area (Å²) < 4.78 is 1.72. The Morgan fingerprint density at radius 1 is 1.19 bits per heavy atom. The van der Waals surface area contributed by atoms with Crippen LogP contribution in [0, 0.1) is 11.3 Å². The van der Waals surface area contributed by atoms with Crippen LogP contribution in [0.1, 0.15) is 21.6 Å². The zero-order valence-corrected chi connectivity index (χ0v) is 13.7. The molecule has 0 aliphatic carbocycles. The quantitative estimate of drug-likeness (QED) is 0.595. The summed E-state index contributed by atoms with van der Waals surface area (Å²) >= 11 is 0. The molecule has 26 heavy (non-hydrogen) atoms. The number of benzene rings is 2. The molecule has 2 heterocycles. The van der Waals surface area contributed by atoms with Gasteiger partial charge in [0.05, 0.1) is 35.6 Å². The van der Waals surface area contributed by atoms with Gasteiger partial charge in [-0.05, 0) is 23.8 Å². The molecule has 0 unspecified atom stereocenters. The van der Waals surface area contributed by atoms with Crippen LogP contribution in [0.3, 0.4) is 0 Å². The first-order chi connectivity index (χ1) is 12.7. The first-order valence-electron chi connectivity index (χ1n) is 7.99. The highest BCUT2D eigenvalue weighted by molar-refractivity contribution is 6.10. The normalized spacial score (nSPS) is 10.6. The summed E-state index contributed by atoms with van der Waals surface area (Å²) in [6.07, 6.45) is 3.35. The number of anilines is 1. The van der Waals surface area contributed by atoms with Gasteiger partial charge in [0, 0.05) is 11.6 Å². The van der Waals surface area contributed by atoms with E-state index in [0.717, 1.165) is 16.5 Å². The fourth-order valence-corrected chi connectivity index (χ4v) is 2.71. The number of para-hydroxylation sites is 1. The van der Waals surface area contributed by atoms with Crippen LogP contribution in [0.25, 0.3) is 10.9 Å². The number of nitrogens with one attached hydrogen (secondary N) is 2. The Balaban J connectivity index is 1.47. The lowest BCUT2D eigenvalue weighted by Crippen LogP contribution is -2.12. The molecule has 0 radical (unpaired) electrons. The van der Waals surface area contributed by atoms with E-state index in [1.807, 2.05) is 36.4 Å². The molecule has 2 aromatic heterocycles. The number of nitriles is 1. The highest BCUT2D eigenvalue weighted by atomic mass is 16.2. The number of amides is 1. The van der Waals surface area contributed by atoms with Crippen LogP contribution in [0.2, 0.25) is 0 Å². The Morgan fingerprint density at radius 3 is 2.81 bits per heavy atom. The second kappa shape index (κ2) is 6.53. The molecule has 4 aromatic rings. The van der Waals surface area contributed by atoms with Gasteiger partial charge in [-0.3, -0.25) is 14.6 Å². The van der Waals surface area contributed by atoms with Gasteiger partial charge in [0.2, 0.25) is 0 Å². The van der Waals surface area contributed by atoms with Gasteiger partial charge in [0.25, 0.3) is 5.91 Å². The zero-order chi connectivity index (χ0) is 17.9. The van der Waals surface area contributed by atoms with Crippen LogP contribution in [-0.4, -0.2) is 25.9 Å². The van der Waals surface area contributed by atoms with Crippen LogP contribution in [0.4, 0.5) is 5.69 Å². The molecular formula is C19H14N6O.